The summed E-state index contributed by atoms with van der Waals surface area (Å²) in [6, 6.07) is 64.5. The van der Waals surface area contributed by atoms with E-state index in [9.17, 15) is 0 Å². The number of aromatic nitrogens is 3. The molecule has 11 aromatic rings. The van der Waals surface area contributed by atoms with Gasteiger partial charge in [-0.1, -0.05) is 146 Å². The van der Waals surface area contributed by atoms with E-state index in [0.29, 0.717) is 23.1 Å². The van der Waals surface area contributed by atoms with E-state index in [1.807, 2.05) is 72.8 Å². The lowest BCUT2D eigenvalue weighted by molar-refractivity contribution is 0.668. The molecule has 0 unspecified atom stereocenters. The molecule has 0 bridgehead atoms. The van der Waals surface area contributed by atoms with Crippen LogP contribution in [0, 0.1) is 0 Å². The number of rotatable bonds is 6. The largest absolute Gasteiger partial charge is 0.456 e. The molecule has 0 radical (unpaired) electrons. The highest BCUT2D eigenvalue weighted by Crippen LogP contribution is 2.45. The summed E-state index contributed by atoms with van der Waals surface area (Å²) in [7, 11) is 0. The fraction of sp³-hybridized carbons (Fsp3) is 0. The number of hydrogen-bond acceptors (Lipinski definition) is 5. The number of benzene rings is 8. The van der Waals surface area contributed by atoms with Gasteiger partial charge in [0.25, 0.3) is 0 Å². The van der Waals surface area contributed by atoms with Crippen LogP contribution in [0.4, 0.5) is 0 Å². The molecule has 0 aliphatic rings. The van der Waals surface area contributed by atoms with Crippen LogP contribution < -0.4 is 0 Å². The van der Waals surface area contributed by atoms with Crippen LogP contribution in [0.1, 0.15) is 0 Å². The lowest BCUT2D eigenvalue weighted by atomic mass is 9.93. The number of hydrogen-bond donors (Lipinski definition) is 0. The van der Waals surface area contributed by atoms with Gasteiger partial charge in [-0.05, 0) is 75.8 Å². The van der Waals surface area contributed by atoms with E-state index in [0.717, 1.165) is 88.4 Å². The maximum Gasteiger partial charge on any atom is 0.167 e. The van der Waals surface area contributed by atoms with E-state index in [1.54, 1.807) is 0 Å². The summed E-state index contributed by atoms with van der Waals surface area (Å²) in [6.07, 6.45) is 0. The summed E-state index contributed by atoms with van der Waals surface area (Å²) >= 11 is 0. The third kappa shape index (κ3) is 5.37. The lowest BCUT2D eigenvalue weighted by Gasteiger charge is -2.13. The standard InChI is InChI=1S/C51H31N3O2/c1-4-15-32(16-5-1)35-29-36(33-17-6-2-7-18-33)31-37(30-35)50-52-49(34-19-8-3-9-20-34)53-51(54-50)42-28-27-39(47-41-22-11-13-25-44(41)56-48(42)47)38-23-14-26-45-46(38)40-21-10-12-24-43(40)55-45/h1-31H. The van der Waals surface area contributed by atoms with Crippen molar-refractivity contribution in [2.45, 2.75) is 0 Å². The van der Waals surface area contributed by atoms with E-state index >= 15 is 0 Å². The van der Waals surface area contributed by atoms with Crippen LogP contribution in [-0.2, 0) is 0 Å². The van der Waals surface area contributed by atoms with Crippen LogP contribution in [0.2, 0.25) is 0 Å². The zero-order chi connectivity index (χ0) is 37.0. The van der Waals surface area contributed by atoms with Crippen molar-refractivity contribution < 1.29 is 8.83 Å². The van der Waals surface area contributed by atoms with Crippen molar-refractivity contribution in [3.8, 4) is 67.5 Å². The second kappa shape index (κ2) is 13.0. The summed E-state index contributed by atoms with van der Waals surface area (Å²) in [5, 5.41) is 4.16. The zero-order valence-corrected chi connectivity index (χ0v) is 30.1. The molecule has 0 amide bonds. The molecule has 11 rings (SSSR count). The molecule has 0 fully saturated rings. The number of furan rings is 2. The van der Waals surface area contributed by atoms with Crippen molar-refractivity contribution in [3.05, 3.63) is 188 Å². The first kappa shape index (κ1) is 31.9. The van der Waals surface area contributed by atoms with Gasteiger partial charge in [0.05, 0.1) is 5.56 Å². The molecule has 0 atom stereocenters. The Morgan fingerprint density at radius 1 is 0.286 bits per heavy atom. The van der Waals surface area contributed by atoms with Gasteiger partial charge in [-0.2, -0.15) is 0 Å². The molecular formula is C51H31N3O2. The van der Waals surface area contributed by atoms with Crippen LogP contribution in [-0.4, -0.2) is 15.0 Å². The average Bonchev–Trinajstić information content (AvgIpc) is 3.86. The fourth-order valence-electron chi connectivity index (χ4n) is 7.92. The summed E-state index contributed by atoms with van der Waals surface area (Å²) in [5.74, 6) is 1.69. The van der Waals surface area contributed by atoms with Crippen LogP contribution in [0.25, 0.3) is 111 Å². The Bertz CT molecular complexity index is 3180. The van der Waals surface area contributed by atoms with Crippen molar-refractivity contribution in [3.63, 3.8) is 0 Å². The van der Waals surface area contributed by atoms with Gasteiger partial charge >= 0.3 is 0 Å². The van der Waals surface area contributed by atoms with Gasteiger partial charge < -0.3 is 8.83 Å². The zero-order valence-electron chi connectivity index (χ0n) is 30.1. The van der Waals surface area contributed by atoms with Crippen molar-refractivity contribution >= 4 is 43.9 Å². The van der Waals surface area contributed by atoms with E-state index in [-0.39, 0.29) is 0 Å². The van der Waals surface area contributed by atoms with Crippen molar-refractivity contribution in [1.82, 2.24) is 15.0 Å². The molecule has 0 saturated heterocycles. The smallest absolute Gasteiger partial charge is 0.167 e. The Labute approximate surface area is 322 Å². The van der Waals surface area contributed by atoms with E-state index in [2.05, 4.69) is 115 Å². The van der Waals surface area contributed by atoms with E-state index in [1.165, 1.54) is 0 Å². The van der Waals surface area contributed by atoms with Crippen molar-refractivity contribution in [2.24, 2.45) is 0 Å². The van der Waals surface area contributed by atoms with Crippen LogP contribution >= 0.6 is 0 Å². The molecule has 3 aromatic heterocycles. The molecule has 8 aromatic carbocycles. The number of nitrogens with zero attached hydrogens (tertiary/aromatic N) is 3. The Balaban J connectivity index is 1.17. The lowest BCUT2D eigenvalue weighted by Crippen LogP contribution is -2.01. The highest BCUT2D eigenvalue weighted by molar-refractivity contribution is 6.21. The Kier molecular flexibility index (Phi) is 7.42. The molecule has 3 heterocycles. The van der Waals surface area contributed by atoms with Gasteiger partial charge in [-0.3, -0.25) is 0 Å². The second-order valence-electron chi connectivity index (χ2n) is 13.9. The number of fused-ring (bicyclic) bond motifs is 6. The first-order valence-electron chi connectivity index (χ1n) is 18.7. The SMILES string of the molecule is c1ccc(-c2cc(-c3ccccc3)cc(-c3nc(-c4ccccc4)nc(-c4ccc(-c5cccc6oc7ccccc7c56)c5c4oc4ccccc45)n3)c2)cc1. The normalized spacial score (nSPS) is 11.6. The highest BCUT2D eigenvalue weighted by Gasteiger charge is 2.23. The van der Waals surface area contributed by atoms with Crippen LogP contribution in [0.5, 0.6) is 0 Å². The molecular weight excluding hydrogens is 687 g/mol. The molecule has 0 aliphatic heterocycles. The second-order valence-corrected chi connectivity index (χ2v) is 13.9. The monoisotopic (exact) mass is 717 g/mol. The van der Waals surface area contributed by atoms with Crippen molar-refractivity contribution in [2.75, 3.05) is 0 Å². The van der Waals surface area contributed by atoms with Gasteiger partial charge in [0.1, 0.15) is 22.3 Å². The minimum absolute atomic E-state index is 0.530. The Morgan fingerprint density at radius 2 is 0.750 bits per heavy atom. The van der Waals surface area contributed by atoms with Gasteiger partial charge in [0.2, 0.25) is 0 Å². The summed E-state index contributed by atoms with van der Waals surface area (Å²) in [5.41, 5.74) is 12.3. The molecule has 5 nitrogen and oxygen atoms in total. The number of para-hydroxylation sites is 2. The summed E-state index contributed by atoms with van der Waals surface area (Å²) < 4.78 is 13.1. The minimum atomic E-state index is 0.530. The molecule has 0 spiro atoms. The molecule has 56 heavy (non-hydrogen) atoms. The predicted molar refractivity (Wildman–Crippen MR) is 227 cm³/mol. The molecule has 262 valence electrons. The minimum Gasteiger partial charge on any atom is -0.456 e. The van der Waals surface area contributed by atoms with Crippen LogP contribution in [0.3, 0.4) is 0 Å². The van der Waals surface area contributed by atoms with Gasteiger partial charge in [0, 0.05) is 32.7 Å². The maximum absolute atomic E-state index is 6.80. The molecule has 0 N–H and O–H groups in total. The van der Waals surface area contributed by atoms with Gasteiger partial charge in [-0.25, -0.2) is 15.0 Å². The van der Waals surface area contributed by atoms with Crippen LogP contribution in [0.15, 0.2) is 197 Å². The predicted octanol–water partition coefficient (Wildman–Crippen LogP) is 13.7. The third-order valence-electron chi connectivity index (χ3n) is 10.5. The first-order valence-corrected chi connectivity index (χ1v) is 18.7. The van der Waals surface area contributed by atoms with Gasteiger partial charge in [0.15, 0.2) is 17.5 Å². The molecule has 0 saturated carbocycles. The molecule has 0 aliphatic carbocycles. The quantitative estimate of drug-likeness (QED) is 0.171. The van der Waals surface area contributed by atoms with E-state index < -0.39 is 0 Å². The fourth-order valence-corrected chi connectivity index (χ4v) is 7.92. The average molecular weight is 718 g/mol. The highest BCUT2D eigenvalue weighted by atomic mass is 16.3. The van der Waals surface area contributed by atoms with E-state index in [4.69, 9.17) is 23.8 Å². The Hall–Kier alpha value is -7.63. The Morgan fingerprint density at radius 3 is 1.41 bits per heavy atom. The summed E-state index contributed by atoms with van der Waals surface area (Å²) in [4.78, 5) is 15.6. The first-order chi connectivity index (χ1) is 27.7. The van der Waals surface area contributed by atoms with Crippen molar-refractivity contribution in [1.29, 1.82) is 0 Å². The topological polar surface area (TPSA) is 65.0 Å². The maximum atomic E-state index is 6.80. The van der Waals surface area contributed by atoms with Gasteiger partial charge in [-0.15, -0.1) is 0 Å². The summed E-state index contributed by atoms with van der Waals surface area (Å²) in [6.45, 7) is 0. The third-order valence-corrected chi connectivity index (χ3v) is 10.5. The molecule has 5 heteroatoms.